The molecule has 0 aliphatic rings. The molecule has 0 aliphatic heterocycles. The Bertz CT molecular complexity index is 777. The molecule has 0 unspecified atom stereocenters. The predicted molar refractivity (Wildman–Crippen MR) is 91.1 cm³/mol. The molecule has 0 radical (unpaired) electrons. The van der Waals surface area contributed by atoms with Crippen LogP contribution in [0.1, 0.15) is 18.9 Å². The van der Waals surface area contributed by atoms with Gasteiger partial charge in [-0.2, -0.15) is 0 Å². The number of hydrogen-bond acceptors (Lipinski definition) is 6. The molecule has 2 N–H and O–H groups in total. The van der Waals surface area contributed by atoms with Crippen LogP contribution in [0.2, 0.25) is 0 Å². The van der Waals surface area contributed by atoms with Crippen molar-refractivity contribution in [2.75, 3.05) is 0 Å². The lowest BCUT2D eigenvalue weighted by molar-refractivity contribution is -0.384. The molecule has 0 saturated carbocycles. The van der Waals surface area contributed by atoms with Crippen LogP contribution >= 0.6 is 0 Å². The van der Waals surface area contributed by atoms with Crippen LogP contribution in [-0.2, 0) is 9.63 Å². The van der Waals surface area contributed by atoms with Crippen LogP contribution in [0.25, 0.3) is 0 Å². The standard InChI is InChI=1S/C17H17N3O5/c1-2-15(24-14-9-4-3-5-10-14)17(21)25-19-16(18)12-7-6-8-13(11-12)20(22)23/h3-11,15H,2H2,1H3,(H2,18,19)/t15-/m0/s1. The molecule has 2 aromatic carbocycles. The highest BCUT2D eigenvalue weighted by molar-refractivity contribution is 5.98. The zero-order valence-electron chi connectivity index (χ0n) is 13.5. The number of rotatable bonds is 7. The maximum Gasteiger partial charge on any atom is 0.375 e. The first-order valence-corrected chi connectivity index (χ1v) is 7.52. The fourth-order valence-electron chi connectivity index (χ4n) is 1.95. The van der Waals surface area contributed by atoms with Crippen LogP contribution in [0.3, 0.4) is 0 Å². The van der Waals surface area contributed by atoms with Gasteiger partial charge < -0.3 is 15.3 Å². The topological polar surface area (TPSA) is 117 Å². The molecule has 0 amide bonds. The summed E-state index contributed by atoms with van der Waals surface area (Å²) in [5.74, 6) is -0.326. The largest absolute Gasteiger partial charge is 0.479 e. The number of ether oxygens (including phenoxy) is 1. The van der Waals surface area contributed by atoms with Gasteiger partial charge in [-0.25, -0.2) is 4.79 Å². The zero-order valence-corrected chi connectivity index (χ0v) is 13.5. The molecule has 8 heteroatoms. The van der Waals surface area contributed by atoms with E-state index >= 15 is 0 Å². The molecule has 0 aliphatic carbocycles. The lowest BCUT2D eigenvalue weighted by Gasteiger charge is -2.14. The maximum absolute atomic E-state index is 12.1. The van der Waals surface area contributed by atoms with Gasteiger partial charge in [-0.1, -0.05) is 42.4 Å². The van der Waals surface area contributed by atoms with Gasteiger partial charge in [0.05, 0.1) is 4.92 Å². The number of nitro benzene ring substituents is 1. The number of carbonyl (C=O) groups is 1. The Morgan fingerprint density at radius 1 is 1.24 bits per heavy atom. The van der Waals surface area contributed by atoms with E-state index < -0.39 is 17.0 Å². The molecule has 8 nitrogen and oxygen atoms in total. The molecule has 1 atom stereocenters. The fraction of sp³-hybridized carbons (Fsp3) is 0.176. The summed E-state index contributed by atoms with van der Waals surface area (Å²) in [5.41, 5.74) is 5.85. The van der Waals surface area contributed by atoms with Crippen molar-refractivity contribution < 1.29 is 19.3 Å². The third kappa shape index (κ3) is 5.03. The summed E-state index contributed by atoms with van der Waals surface area (Å²) in [6.07, 6.45) is -0.469. The van der Waals surface area contributed by atoms with E-state index in [1.807, 2.05) is 6.07 Å². The molecule has 2 rings (SSSR count). The van der Waals surface area contributed by atoms with Crippen molar-refractivity contribution >= 4 is 17.5 Å². The third-order valence-corrected chi connectivity index (χ3v) is 3.24. The van der Waals surface area contributed by atoms with E-state index in [0.717, 1.165) is 0 Å². The molecule has 0 aromatic heterocycles. The highest BCUT2D eigenvalue weighted by atomic mass is 16.7. The number of nitro groups is 1. The van der Waals surface area contributed by atoms with Gasteiger partial charge in [0.25, 0.3) is 5.69 Å². The highest BCUT2D eigenvalue weighted by Crippen LogP contribution is 2.15. The Kier molecular flexibility index (Phi) is 6.05. The molecule has 0 bridgehead atoms. The molecule has 2 aromatic rings. The summed E-state index contributed by atoms with van der Waals surface area (Å²) < 4.78 is 5.54. The minimum absolute atomic E-state index is 0.138. The van der Waals surface area contributed by atoms with Crippen molar-refractivity contribution in [1.82, 2.24) is 0 Å². The first-order valence-electron chi connectivity index (χ1n) is 7.52. The van der Waals surface area contributed by atoms with Gasteiger partial charge in [-0.05, 0) is 18.6 Å². The summed E-state index contributed by atoms with van der Waals surface area (Å²) in [7, 11) is 0. The lowest BCUT2D eigenvalue weighted by Crippen LogP contribution is -2.28. The van der Waals surface area contributed by atoms with E-state index in [1.54, 1.807) is 31.2 Å². The van der Waals surface area contributed by atoms with E-state index in [1.165, 1.54) is 24.3 Å². The van der Waals surface area contributed by atoms with E-state index in [4.69, 9.17) is 15.3 Å². The summed E-state index contributed by atoms with van der Waals surface area (Å²) >= 11 is 0. The van der Waals surface area contributed by atoms with Gasteiger partial charge in [-0.15, -0.1) is 0 Å². The third-order valence-electron chi connectivity index (χ3n) is 3.24. The van der Waals surface area contributed by atoms with Crippen LogP contribution in [0.15, 0.2) is 59.8 Å². The molecule has 0 fully saturated rings. The number of oxime groups is 1. The van der Waals surface area contributed by atoms with Gasteiger partial charge in [0.1, 0.15) is 5.75 Å². The second kappa shape index (κ2) is 8.44. The Labute approximate surface area is 144 Å². The quantitative estimate of drug-likeness (QED) is 0.271. The SMILES string of the molecule is CC[C@H](Oc1ccccc1)C(=O)O/N=C(/N)c1cccc([N+](=O)[O-])c1. The second-order valence-corrected chi connectivity index (χ2v) is 5.02. The van der Waals surface area contributed by atoms with Crippen LogP contribution in [0.5, 0.6) is 5.75 Å². The number of nitrogens with zero attached hydrogens (tertiary/aromatic N) is 2. The second-order valence-electron chi connectivity index (χ2n) is 5.02. The molecule has 25 heavy (non-hydrogen) atoms. The summed E-state index contributed by atoms with van der Waals surface area (Å²) in [4.78, 5) is 27.1. The number of benzene rings is 2. The van der Waals surface area contributed by atoms with Crippen LogP contribution in [0, 0.1) is 10.1 Å². The van der Waals surface area contributed by atoms with Crippen LogP contribution < -0.4 is 10.5 Å². The van der Waals surface area contributed by atoms with Crippen molar-refractivity contribution in [1.29, 1.82) is 0 Å². The number of carbonyl (C=O) groups excluding carboxylic acids is 1. The van der Waals surface area contributed by atoms with Crippen molar-refractivity contribution in [3.05, 3.63) is 70.3 Å². The molecule has 0 saturated heterocycles. The first-order chi connectivity index (χ1) is 12.0. The van der Waals surface area contributed by atoms with Crippen molar-refractivity contribution in [2.24, 2.45) is 10.9 Å². The Morgan fingerprint density at radius 3 is 2.60 bits per heavy atom. The molecule has 130 valence electrons. The van der Waals surface area contributed by atoms with Crippen LogP contribution in [0.4, 0.5) is 5.69 Å². The Balaban J connectivity index is 2.04. The maximum atomic E-state index is 12.1. The summed E-state index contributed by atoms with van der Waals surface area (Å²) in [6.45, 7) is 1.77. The van der Waals surface area contributed by atoms with Crippen LogP contribution in [-0.4, -0.2) is 22.8 Å². The predicted octanol–water partition coefficient (Wildman–Crippen LogP) is 2.62. The minimum Gasteiger partial charge on any atom is -0.479 e. The number of non-ortho nitro benzene ring substituents is 1. The molecule has 0 heterocycles. The van der Waals surface area contributed by atoms with Crippen molar-refractivity contribution in [3.63, 3.8) is 0 Å². The summed E-state index contributed by atoms with van der Waals surface area (Å²) in [6, 6.07) is 14.4. The number of nitrogens with two attached hydrogens (primary N) is 1. The number of amidine groups is 1. The highest BCUT2D eigenvalue weighted by Gasteiger charge is 2.21. The monoisotopic (exact) mass is 343 g/mol. The average molecular weight is 343 g/mol. The van der Waals surface area contributed by atoms with Gasteiger partial charge in [0.15, 0.2) is 11.9 Å². The smallest absolute Gasteiger partial charge is 0.375 e. The van der Waals surface area contributed by atoms with Gasteiger partial charge in [0.2, 0.25) is 0 Å². The molecule has 0 spiro atoms. The van der Waals surface area contributed by atoms with Gasteiger partial charge >= 0.3 is 5.97 Å². The normalized spacial score (nSPS) is 12.3. The van der Waals surface area contributed by atoms with E-state index in [0.29, 0.717) is 12.2 Å². The lowest BCUT2D eigenvalue weighted by atomic mass is 10.2. The van der Waals surface area contributed by atoms with Gasteiger partial charge in [-0.3, -0.25) is 10.1 Å². The van der Waals surface area contributed by atoms with Crippen molar-refractivity contribution in [2.45, 2.75) is 19.4 Å². The van der Waals surface area contributed by atoms with E-state index in [2.05, 4.69) is 5.16 Å². The van der Waals surface area contributed by atoms with Crippen molar-refractivity contribution in [3.8, 4) is 5.75 Å². The average Bonchev–Trinajstić information content (AvgIpc) is 2.64. The Hall–Kier alpha value is -3.42. The van der Waals surface area contributed by atoms with Gasteiger partial charge in [0, 0.05) is 17.7 Å². The first kappa shape index (κ1) is 17.9. The number of hydrogen-bond donors (Lipinski definition) is 1. The zero-order chi connectivity index (χ0) is 18.2. The van der Waals surface area contributed by atoms with E-state index in [-0.39, 0.29) is 17.1 Å². The minimum atomic E-state index is -0.843. The molecular weight excluding hydrogens is 326 g/mol. The summed E-state index contributed by atoms with van der Waals surface area (Å²) in [5, 5.41) is 14.3. The Morgan fingerprint density at radius 2 is 1.96 bits per heavy atom. The fourth-order valence-corrected chi connectivity index (χ4v) is 1.95. The molecular formula is C17H17N3O5. The number of para-hydroxylation sites is 1. The van der Waals surface area contributed by atoms with E-state index in [9.17, 15) is 14.9 Å².